The van der Waals surface area contributed by atoms with Crippen LogP contribution >= 0.6 is 11.6 Å². The van der Waals surface area contributed by atoms with E-state index in [0.717, 1.165) is 47.9 Å². The van der Waals surface area contributed by atoms with Gasteiger partial charge in [-0.25, -0.2) is 0 Å². The number of alkyl halides is 3. The minimum absolute atomic E-state index is 0.0108. The van der Waals surface area contributed by atoms with E-state index >= 15 is 0 Å². The lowest BCUT2D eigenvalue weighted by atomic mass is 9.83. The molecule has 0 spiro atoms. The number of halogens is 4. The minimum Gasteiger partial charge on any atom is -0.349 e. The van der Waals surface area contributed by atoms with Crippen molar-refractivity contribution < 1.29 is 22.8 Å². The number of anilines is 1. The summed E-state index contributed by atoms with van der Waals surface area (Å²) in [6, 6.07) is 8.62. The van der Waals surface area contributed by atoms with Crippen molar-refractivity contribution in [3.05, 3.63) is 63.7 Å². The normalized spacial score (nSPS) is 22.0. The van der Waals surface area contributed by atoms with Crippen molar-refractivity contribution in [2.24, 2.45) is 5.92 Å². The molecule has 0 radical (unpaired) electrons. The van der Waals surface area contributed by atoms with Crippen LogP contribution in [0.2, 0.25) is 5.02 Å². The zero-order valence-electron chi connectivity index (χ0n) is 19.4. The second kappa shape index (κ2) is 8.91. The van der Waals surface area contributed by atoms with Gasteiger partial charge in [-0.2, -0.15) is 13.2 Å². The fourth-order valence-corrected chi connectivity index (χ4v) is 5.51. The number of benzene rings is 2. The van der Waals surface area contributed by atoms with Crippen molar-refractivity contribution in [2.75, 3.05) is 11.4 Å². The van der Waals surface area contributed by atoms with Crippen LogP contribution in [-0.2, 0) is 16.4 Å². The fourth-order valence-electron chi connectivity index (χ4n) is 5.31. The Morgan fingerprint density at radius 3 is 2.47 bits per heavy atom. The maximum absolute atomic E-state index is 13.2. The topological polar surface area (TPSA) is 49.4 Å². The standard InChI is InChI=1S/C26H28ClF3N2O2/c1-15-5-4-6-21-22(15)25(2,3)24(34)32(21)14-16-7-10-18(11-8-16)31-23(33)19-13-17(26(28,29)30)9-12-20(19)27/h4-6,9,12-13,16,18H,7-8,10-11,14H2,1-3H3,(H,31,33)/t16-,18-. The lowest BCUT2D eigenvalue weighted by Crippen LogP contribution is -2.42. The average Bonchev–Trinajstić information content (AvgIpc) is 2.95. The number of aryl methyl sites for hydroxylation is 1. The van der Waals surface area contributed by atoms with E-state index in [1.165, 1.54) is 0 Å². The Morgan fingerprint density at radius 1 is 1.15 bits per heavy atom. The number of hydrogen-bond donors (Lipinski definition) is 1. The highest BCUT2D eigenvalue weighted by Crippen LogP contribution is 2.44. The van der Waals surface area contributed by atoms with E-state index < -0.39 is 23.1 Å². The first kappa shape index (κ1) is 24.6. The molecule has 1 heterocycles. The van der Waals surface area contributed by atoms with Gasteiger partial charge >= 0.3 is 6.18 Å². The molecule has 1 N–H and O–H groups in total. The third kappa shape index (κ3) is 4.54. The van der Waals surface area contributed by atoms with Crippen molar-refractivity contribution in [1.82, 2.24) is 5.32 Å². The molecule has 0 saturated heterocycles. The first-order valence-electron chi connectivity index (χ1n) is 11.5. The molecule has 0 bridgehead atoms. The van der Waals surface area contributed by atoms with Crippen molar-refractivity contribution in [2.45, 2.75) is 64.1 Å². The highest BCUT2D eigenvalue weighted by atomic mass is 35.5. The molecule has 2 aliphatic rings. The smallest absolute Gasteiger partial charge is 0.349 e. The summed E-state index contributed by atoms with van der Waals surface area (Å²) in [6.45, 7) is 6.58. The number of fused-ring (bicyclic) bond motifs is 1. The van der Waals surface area contributed by atoms with E-state index in [4.69, 9.17) is 11.6 Å². The average molecular weight is 493 g/mol. The molecule has 1 saturated carbocycles. The van der Waals surface area contributed by atoms with Crippen molar-refractivity contribution in [1.29, 1.82) is 0 Å². The van der Waals surface area contributed by atoms with E-state index in [1.807, 2.05) is 43.9 Å². The second-order valence-corrected chi connectivity index (χ2v) is 10.3. The molecule has 2 aromatic carbocycles. The van der Waals surface area contributed by atoms with Gasteiger partial charge in [0.2, 0.25) is 5.91 Å². The number of rotatable bonds is 4. The molecule has 4 rings (SSSR count). The molecule has 0 atom stereocenters. The van der Waals surface area contributed by atoms with E-state index in [9.17, 15) is 22.8 Å². The summed E-state index contributed by atoms with van der Waals surface area (Å²) >= 11 is 6.00. The predicted octanol–water partition coefficient (Wildman–Crippen LogP) is 6.28. The third-order valence-corrected chi connectivity index (χ3v) is 7.44. The van der Waals surface area contributed by atoms with Crippen LogP contribution in [0.3, 0.4) is 0 Å². The quantitative estimate of drug-likeness (QED) is 0.546. The summed E-state index contributed by atoms with van der Waals surface area (Å²) in [5, 5.41) is 2.83. The molecule has 1 fully saturated rings. The molecule has 0 unspecified atom stereocenters. The molecule has 4 nitrogen and oxygen atoms in total. The molecular weight excluding hydrogens is 465 g/mol. The monoisotopic (exact) mass is 492 g/mol. The predicted molar refractivity (Wildman–Crippen MR) is 126 cm³/mol. The van der Waals surface area contributed by atoms with E-state index in [-0.39, 0.29) is 28.5 Å². The zero-order chi connectivity index (χ0) is 24.8. The number of nitrogens with one attached hydrogen (secondary N) is 1. The largest absolute Gasteiger partial charge is 0.416 e. The van der Waals surface area contributed by atoms with Gasteiger partial charge in [-0.3, -0.25) is 9.59 Å². The van der Waals surface area contributed by atoms with Gasteiger partial charge in [0, 0.05) is 18.3 Å². The number of carbonyl (C=O) groups is 2. The molecule has 8 heteroatoms. The molecule has 1 aliphatic heterocycles. The Bertz CT molecular complexity index is 1120. The van der Waals surface area contributed by atoms with Gasteiger partial charge in [0.15, 0.2) is 0 Å². The molecule has 2 amide bonds. The number of amides is 2. The maximum Gasteiger partial charge on any atom is 0.416 e. The lowest BCUT2D eigenvalue weighted by Gasteiger charge is -2.32. The van der Waals surface area contributed by atoms with Crippen LogP contribution in [-0.4, -0.2) is 24.4 Å². The second-order valence-electron chi connectivity index (χ2n) is 9.89. The lowest BCUT2D eigenvalue weighted by molar-refractivity contribution is -0.137. The SMILES string of the molecule is Cc1cccc2c1C(C)(C)C(=O)N2C[C@H]1CC[C@H](NC(=O)c2cc(C(F)(F)F)ccc2Cl)CC1. The van der Waals surface area contributed by atoms with Crippen molar-refractivity contribution in [3.63, 3.8) is 0 Å². The van der Waals surface area contributed by atoms with Gasteiger partial charge in [-0.1, -0.05) is 23.7 Å². The summed E-state index contributed by atoms with van der Waals surface area (Å²) in [6.07, 6.45) is -1.53. The summed E-state index contributed by atoms with van der Waals surface area (Å²) in [4.78, 5) is 27.7. The van der Waals surface area contributed by atoms with Crippen LogP contribution in [0.4, 0.5) is 18.9 Å². The zero-order valence-corrected chi connectivity index (χ0v) is 20.2. The third-order valence-electron chi connectivity index (χ3n) is 7.11. The van der Waals surface area contributed by atoms with Crippen molar-refractivity contribution in [3.8, 4) is 0 Å². The van der Waals surface area contributed by atoms with E-state index in [1.54, 1.807) is 0 Å². The summed E-state index contributed by atoms with van der Waals surface area (Å²) < 4.78 is 39.1. The Balaban J connectivity index is 1.38. The fraction of sp³-hybridized carbons (Fsp3) is 0.462. The Hall–Kier alpha value is -2.54. The number of nitrogens with zero attached hydrogens (tertiary/aromatic N) is 1. The van der Waals surface area contributed by atoms with Gasteiger partial charge in [0.1, 0.15) is 0 Å². The van der Waals surface area contributed by atoms with E-state index in [0.29, 0.717) is 19.4 Å². The van der Waals surface area contributed by atoms with Crippen LogP contribution in [0.1, 0.15) is 66.6 Å². The molecule has 182 valence electrons. The van der Waals surface area contributed by atoms with Crippen LogP contribution in [0.25, 0.3) is 0 Å². The summed E-state index contributed by atoms with van der Waals surface area (Å²) in [7, 11) is 0. The highest BCUT2D eigenvalue weighted by molar-refractivity contribution is 6.33. The van der Waals surface area contributed by atoms with Gasteiger partial charge in [-0.05, 0) is 87.8 Å². The molecule has 2 aromatic rings. The molecule has 1 aliphatic carbocycles. The summed E-state index contributed by atoms with van der Waals surface area (Å²) in [5.41, 5.74) is 1.53. The highest BCUT2D eigenvalue weighted by Gasteiger charge is 2.45. The maximum atomic E-state index is 13.2. The Kier molecular flexibility index (Phi) is 6.44. The van der Waals surface area contributed by atoms with Crippen LogP contribution in [0.5, 0.6) is 0 Å². The first-order valence-corrected chi connectivity index (χ1v) is 11.9. The molecular formula is C26H28ClF3N2O2. The number of hydrogen-bond acceptors (Lipinski definition) is 2. The van der Waals surface area contributed by atoms with Crippen molar-refractivity contribution >= 4 is 29.1 Å². The minimum atomic E-state index is -4.55. The number of carbonyl (C=O) groups excluding carboxylic acids is 2. The van der Waals surface area contributed by atoms with Gasteiger partial charge < -0.3 is 10.2 Å². The van der Waals surface area contributed by atoms with Crippen LogP contribution < -0.4 is 10.2 Å². The molecule has 34 heavy (non-hydrogen) atoms. The van der Waals surface area contributed by atoms with Gasteiger partial charge in [-0.15, -0.1) is 0 Å². The van der Waals surface area contributed by atoms with Crippen LogP contribution in [0.15, 0.2) is 36.4 Å². The van der Waals surface area contributed by atoms with E-state index in [2.05, 4.69) is 5.32 Å². The van der Waals surface area contributed by atoms with Crippen LogP contribution in [0, 0.1) is 12.8 Å². The summed E-state index contributed by atoms with van der Waals surface area (Å²) in [5.74, 6) is -0.205. The first-order chi connectivity index (χ1) is 15.9. The Labute approximate surface area is 202 Å². The van der Waals surface area contributed by atoms with Gasteiger partial charge in [0.25, 0.3) is 5.91 Å². The molecule has 0 aromatic heterocycles. The van der Waals surface area contributed by atoms with Gasteiger partial charge in [0.05, 0.1) is 21.6 Å². The Morgan fingerprint density at radius 2 is 1.82 bits per heavy atom.